The summed E-state index contributed by atoms with van der Waals surface area (Å²) in [6, 6.07) is 151. The highest BCUT2D eigenvalue weighted by Gasteiger charge is 2.52. The van der Waals surface area contributed by atoms with Crippen molar-refractivity contribution in [1.82, 2.24) is 18.8 Å². The van der Waals surface area contributed by atoms with E-state index in [1.165, 1.54) is 185 Å². The lowest BCUT2D eigenvalue weighted by atomic mass is 9.78. The van der Waals surface area contributed by atoms with Gasteiger partial charge in [0.2, 0.25) is 0 Å². The summed E-state index contributed by atoms with van der Waals surface area (Å²) in [5.74, 6) is 0. The maximum absolute atomic E-state index is 6.37. The monoisotopic (exact) mass is 1700 g/mol. The lowest BCUT2D eigenvalue weighted by molar-refractivity contribution is 0.00578. The topological polar surface area (TPSA) is 53.1 Å². The second kappa shape index (κ2) is 29.5. The Bertz CT molecular complexity index is 9210. The minimum atomic E-state index is -0.403. The average molecular weight is 1700 g/mol. The number of para-hydroxylation sites is 4. The molecule has 0 aliphatic carbocycles. The Kier molecular flexibility index (Phi) is 17.4. The standard InChI is InChI=1S/C57H34N2.C34H21Br.C29H25BN2O2/c1-3-13-37-29-43(23-21-35(37)11-1)55-45-17-7-8-18-46(45)56(44-24-22-36-12-2-4-14-38(36)30-44)51-33-42(25-27-47(51)55)41-26-28-48-49(31-41)50-32-39-15-5-6-16-40(39)34-54(50)59-53-20-10-9-19-52(53)58-57(48)59;35-28-17-18-31-32(21-28)34(27-16-14-23-8-2-4-10-25(23)20-27)30-12-6-5-11-29(30)33(31)26-15-13-22-7-1-3-9-24(22)19-26;1-28(2)29(3,4)34-30(33-28)20-13-14-21-22(17-20)23-15-18-9-5-6-10-19(18)16-26(23)32-25-12-8-7-11-24(25)31-27(21)32/h1-34H;1-21H;5-17H,1-4H3. The van der Waals surface area contributed by atoms with Gasteiger partial charge >= 0.3 is 7.12 Å². The second-order valence-corrected chi connectivity index (χ2v) is 36.3. The largest absolute Gasteiger partial charge is 0.494 e. The molecule has 0 bridgehead atoms. The highest BCUT2D eigenvalue weighted by atomic mass is 79.9. The van der Waals surface area contributed by atoms with E-state index in [2.05, 4.69) is 459 Å². The predicted molar refractivity (Wildman–Crippen MR) is 548 cm³/mol. The van der Waals surface area contributed by atoms with Gasteiger partial charge in [0.15, 0.2) is 0 Å². The number of imidazole rings is 2. The molecule has 602 valence electrons. The molecule has 1 aliphatic heterocycles. The quantitative estimate of drug-likeness (QED) is 0.0946. The molecule has 1 fully saturated rings. The fourth-order valence-corrected chi connectivity index (χ4v) is 20.9. The highest BCUT2D eigenvalue weighted by Crippen LogP contribution is 2.50. The van der Waals surface area contributed by atoms with E-state index >= 15 is 0 Å². The maximum Gasteiger partial charge on any atom is 0.494 e. The van der Waals surface area contributed by atoms with E-state index in [-0.39, 0.29) is 11.2 Å². The van der Waals surface area contributed by atoms with Crippen molar-refractivity contribution in [3.8, 4) is 55.6 Å². The van der Waals surface area contributed by atoms with Crippen molar-refractivity contribution in [1.29, 1.82) is 0 Å². The first-order valence-electron chi connectivity index (χ1n) is 44.1. The van der Waals surface area contributed by atoms with Gasteiger partial charge in [-0.3, -0.25) is 8.80 Å². The van der Waals surface area contributed by atoms with Crippen LogP contribution in [0.2, 0.25) is 0 Å². The van der Waals surface area contributed by atoms with Crippen LogP contribution in [0.1, 0.15) is 27.7 Å². The minimum absolute atomic E-state index is 0.379. The smallest absolute Gasteiger partial charge is 0.399 e. The fourth-order valence-electron chi connectivity index (χ4n) is 20.5. The van der Waals surface area contributed by atoms with Gasteiger partial charge in [-0.15, -0.1) is 0 Å². The Hall–Kier alpha value is -15.2. The molecule has 26 aromatic rings. The number of fused-ring (bicyclic) bond motifs is 26. The van der Waals surface area contributed by atoms with Crippen LogP contribution in [0.3, 0.4) is 0 Å². The molecule has 0 saturated carbocycles. The zero-order valence-electron chi connectivity index (χ0n) is 70.8. The molecule has 1 saturated heterocycles. The van der Waals surface area contributed by atoms with Crippen molar-refractivity contribution in [2.24, 2.45) is 0 Å². The van der Waals surface area contributed by atoms with Gasteiger partial charge in [0, 0.05) is 26.0 Å². The molecule has 4 aromatic heterocycles. The van der Waals surface area contributed by atoms with E-state index in [1.54, 1.807) is 0 Å². The summed E-state index contributed by atoms with van der Waals surface area (Å²) < 4.78 is 18.5. The first-order chi connectivity index (χ1) is 62.8. The Morgan fingerprint density at radius 1 is 0.219 bits per heavy atom. The Morgan fingerprint density at radius 2 is 0.508 bits per heavy atom. The van der Waals surface area contributed by atoms with Gasteiger partial charge in [-0.25, -0.2) is 9.97 Å². The summed E-state index contributed by atoms with van der Waals surface area (Å²) in [7, 11) is -0.403. The van der Waals surface area contributed by atoms with Gasteiger partial charge in [0.25, 0.3) is 0 Å². The van der Waals surface area contributed by atoms with Crippen molar-refractivity contribution in [3.05, 3.63) is 417 Å². The Balaban J connectivity index is 0.000000111. The van der Waals surface area contributed by atoms with Crippen LogP contribution in [0.25, 0.3) is 240 Å². The normalized spacial score (nSPS) is 13.4. The average Bonchev–Trinajstić information content (AvgIpc) is 1.38. The molecular formula is C120H80BBrN4O2. The zero-order valence-corrected chi connectivity index (χ0v) is 72.4. The Labute approximate surface area is 747 Å². The van der Waals surface area contributed by atoms with Gasteiger partial charge in [0.05, 0.1) is 44.3 Å². The van der Waals surface area contributed by atoms with E-state index in [1.807, 2.05) is 6.07 Å². The van der Waals surface area contributed by atoms with Crippen LogP contribution in [-0.2, 0) is 9.31 Å². The summed E-state index contributed by atoms with van der Waals surface area (Å²) in [6.45, 7) is 8.37. The first-order valence-corrected chi connectivity index (χ1v) is 44.9. The summed E-state index contributed by atoms with van der Waals surface area (Å²) in [6.07, 6.45) is 0. The fraction of sp³-hybridized carbons (Fsp3) is 0.0500. The van der Waals surface area contributed by atoms with Crippen LogP contribution in [-0.4, -0.2) is 37.1 Å². The summed E-state index contributed by atoms with van der Waals surface area (Å²) >= 11 is 3.76. The lowest BCUT2D eigenvalue weighted by Crippen LogP contribution is -2.41. The zero-order chi connectivity index (χ0) is 85.2. The number of halogens is 1. The summed E-state index contributed by atoms with van der Waals surface area (Å²) in [5.41, 5.74) is 21.2. The van der Waals surface area contributed by atoms with Crippen LogP contribution in [0, 0.1) is 0 Å². The number of hydrogen-bond donors (Lipinski definition) is 0. The minimum Gasteiger partial charge on any atom is -0.399 e. The Morgan fingerprint density at radius 3 is 0.914 bits per heavy atom. The number of benzene rings is 22. The molecule has 5 heterocycles. The number of pyridine rings is 2. The molecule has 8 heteroatoms. The SMILES string of the molecule is Brc1ccc2c(-c3ccc4ccccc4c3)c3ccccc3c(-c3ccc4ccccc4c3)c2c1.CC1(C)OB(c2ccc3c(c2)c2cc4ccccc4cc2n2c4ccccc4nc32)OC1(C)C.c1ccc2cc(-c3c4ccccc4c(-c4ccc5ccccc5c4)c4cc(-c5ccc6c(c5)c5cc7ccccc7cc5n5c7ccccc7nc65)ccc34)ccc2c1. The molecule has 0 amide bonds. The molecule has 0 unspecified atom stereocenters. The molecular weight excluding hydrogens is 1620 g/mol. The third kappa shape index (κ3) is 12.3. The van der Waals surface area contributed by atoms with Crippen molar-refractivity contribution in [3.63, 3.8) is 0 Å². The molecule has 1 aliphatic rings. The molecule has 27 rings (SSSR count). The van der Waals surface area contributed by atoms with Crippen molar-refractivity contribution >= 4 is 213 Å². The molecule has 0 spiro atoms. The predicted octanol–water partition coefficient (Wildman–Crippen LogP) is 32.2. The highest BCUT2D eigenvalue weighted by molar-refractivity contribution is 9.10. The summed E-state index contributed by atoms with van der Waals surface area (Å²) in [4.78, 5) is 10.3. The number of nitrogens with zero attached hydrogens (tertiary/aromatic N) is 4. The number of hydrogen-bond acceptors (Lipinski definition) is 4. The van der Waals surface area contributed by atoms with E-state index in [0.29, 0.717) is 0 Å². The number of rotatable bonds is 6. The van der Waals surface area contributed by atoms with Crippen molar-refractivity contribution in [2.45, 2.75) is 38.9 Å². The second-order valence-electron chi connectivity index (χ2n) is 35.4. The summed E-state index contributed by atoms with van der Waals surface area (Å²) in [5, 5.41) is 32.1. The van der Waals surface area contributed by atoms with Gasteiger partial charge in [-0.2, -0.15) is 0 Å². The van der Waals surface area contributed by atoms with Crippen LogP contribution < -0.4 is 5.46 Å². The van der Waals surface area contributed by atoms with Crippen LogP contribution in [0.15, 0.2) is 417 Å². The molecule has 0 atom stereocenters. The van der Waals surface area contributed by atoms with Gasteiger partial charge < -0.3 is 9.31 Å². The van der Waals surface area contributed by atoms with E-state index in [9.17, 15) is 0 Å². The molecule has 0 radical (unpaired) electrons. The van der Waals surface area contributed by atoms with Crippen molar-refractivity contribution < 1.29 is 9.31 Å². The lowest BCUT2D eigenvalue weighted by Gasteiger charge is -2.32. The molecule has 6 nitrogen and oxygen atoms in total. The third-order valence-corrected chi connectivity index (χ3v) is 28.0. The van der Waals surface area contributed by atoms with Crippen LogP contribution in [0.5, 0.6) is 0 Å². The van der Waals surface area contributed by atoms with Crippen LogP contribution in [0.4, 0.5) is 0 Å². The van der Waals surface area contributed by atoms with Gasteiger partial charge in [0.1, 0.15) is 11.3 Å². The maximum atomic E-state index is 6.37. The van der Waals surface area contributed by atoms with Gasteiger partial charge in [-0.1, -0.05) is 325 Å². The van der Waals surface area contributed by atoms with E-state index in [4.69, 9.17) is 19.3 Å². The van der Waals surface area contributed by atoms with E-state index in [0.717, 1.165) is 65.0 Å². The van der Waals surface area contributed by atoms with Crippen molar-refractivity contribution in [2.75, 3.05) is 0 Å². The van der Waals surface area contributed by atoms with Gasteiger partial charge in [-0.05, 0) is 310 Å². The molecule has 128 heavy (non-hydrogen) atoms. The first kappa shape index (κ1) is 75.4. The molecule has 22 aromatic carbocycles. The third-order valence-electron chi connectivity index (χ3n) is 27.5. The molecule has 0 N–H and O–H groups in total. The van der Waals surface area contributed by atoms with Crippen LogP contribution >= 0.6 is 15.9 Å². The number of aromatic nitrogens is 4. The van der Waals surface area contributed by atoms with E-state index < -0.39 is 7.12 Å².